The molecule has 0 aromatic heterocycles. The Labute approximate surface area is 177 Å². The van der Waals surface area contributed by atoms with Crippen LogP contribution in [-0.2, 0) is 20.8 Å². The first kappa shape index (κ1) is 20.5. The maximum absolute atomic E-state index is 13.3. The molecule has 0 radical (unpaired) electrons. The second-order valence-electron chi connectivity index (χ2n) is 8.49. The summed E-state index contributed by atoms with van der Waals surface area (Å²) in [6, 6.07) is 7.51. The van der Waals surface area contributed by atoms with Crippen molar-refractivity contribution in [2.24, 2.45) is 11.8 Å². The van der Waals surface area contributed by atoms with Gasteiger partial charge in [0.15, 0.2) is 0 Å². The Morgan fingerprint density at radius 3 is 2.48 bits per heavy atom. The van der Waals surface area contributed by atoms with Crippen molar-refractivity contribution < 1.29 is 14.4 Å². The van der Waals surface area contributed by atoms with E-state index in [1.807, 2.05) is 18.4 Å². The van der Waals surface area contributed by atoms with Crippen LogP contribution in [0.5, 0.6) is 0 Å². The molecule has 156 valence electrons. The van der Waals surface area contributed by atoms with E-state index in [0.717, 1.165) is 50.7 Å². The molecule has 2 fully saturated rings. The smallest absolute Gasteiger partial charge is 0.243 e. The third-order valence-corrected chi connectivity index (χ3v) is 7.41. The van der Waals surface area contributed by atoms with Crippen molar-refractivity contribution in [2.75, 3.05) is 12.0 Å². The quantitative estimate of drug-likeness (QED) is 0.724. The van der Waals surface area contributed by atoms with E-state index in [1.54, 1.807) is 11.8 Å². The summed E-state index contributed by atoms with van der Waals surface area (Å²) in [6.07, 6.45) is 9.00. The van der Waals surface area contributed by atoms with Crippen LogP contribution in [0.3, 0.4) is 0 Å². The molecule has 0 bridgehead atoms. The number of carbonyl (C=O) groups is 3. The molecule has 4 rings (SSSR count). The topological polar surface area (TPSA) is 66.5 Å². The highest BCUT2D eigenvalue weighted by atomic mass is 32.2. The largest absolute Gasteiger partial charge is 0.347 e. The summed E-state index contributed by atoms with van der Waals surface area (Å²) < 4.78 is 0. The van der Waals surface area contributed by atoms with Crippen LogP contribution in [0, 0.1) is 11.8 Å². The van der Waals surface area contributed by atoms with Crippen LogP contribution in [0.4, 0.5) is 0 Å². The summed E-state index contributed by atoms with van der Waals surface area (Å²) in [7, 11) is 0. The predicted molar refractivity (Wildman–Crippen MR) is 114 cm³/mol. The normalized spacial score (nSPS) is 27.3. The van der Waals surface area contributed by atoms with Gasteiger partial charge in [-0.1, -0.05) is 37.1 Å². The van der Waals surface area contributed by atoms with Crippen molar-refractivity contribution in [1.29, 1.82) is 0 Å². The zero-order valence-electron chi connectivity index (χ0n) is 17.1. The highest BCUT2D eigenvalue weighted by molar-refractivity contribution is 7.98. The molecule has 1 heterocycles. The number of fused-ring (bicyclic) bond motifs is 2. The first-order valence-electron chi connectivity index (χ1n) is 10.9. The van der Waals surface area contributed by atoms with Gasteiger partial charge in [0.1, 0.15) is 6.04 Å². The van der Waals surface area contributed by atoms with Crippen molar-refractivity contribution in [3.63, 3.8) is 0 Å². The average Bonchev–Trinajstić information content (AvgIpc) is 3.00. The molecular formula is C23H30N2O3S. The minimum atomic E-state index is -0.692. The lowest BCUT2D eigenvalue weighted by Crippen LogP contribution is -2.51. The van der Waals surface area contributed by atoms with Crippen molar-refractivity contribution in [3.8, 4) is 0 Å². The SMILES string of the molecule is CSCCC(C(=O)NC1CCCc2ccccc21)N1C(=O)C2CCCCC2C1=O. The number of amides is 3. The second kappa shape index (κ2) is 8.90. The first-order chi connectivity index (χ1) is 14.1. The molecule has 1 N–H and O–H groups in total. The first-order valence-corrected chi connectivity index (χ1v) is 12.2. The van der Waals surface area contributed by atoms with Crippen LogP contribution in [0.25, 0.3) is 0 Å². The Morgan fingerprint density at radius 1 is 1.10 bits per heavy atom. The van der Waals surface area contributed by atoms with Gasteiger partial charge in [-0.2, -0.15) is 11.8 Å². The summed E-state index contributed by atoms with van der Waals surface area (Å²) in [4.78, 5) is 40.8. The van der Waals surface area contributed by atoms with E-state index in [1.165, 1.54) is 16.0 Å². The molecular weight excluding hydrogens is 384 g/mol. The molecule has 4 unspecified atom stereocenters. The Hall–Kier alpha value is -1.82. The van der Waals surface area contributed by atoms with E-state index in [-0.39, 0.29) is 35.6 Å². The lowest BCUT2D eigenvalue weighted by Gasteiger charge is -2.31. The van der Waals surface area contributed by atoms with E-state index in [0.29, 0.717) is 6.42 Å². The molecule has 1 aromatic carbocycles. The molecule has 3 aliphatic rings. The van der Waals surface area contributed by atoms with Crippen LogP contribution < -0.4 is 5.32 Å². The van der Waals surface area contributed by atoms with Crippen LogP contribution in [-0.4, -0.2) is 40.7 Å². The van der Waals surface area contributed by atoms with E-state index >= 15 is 0 Å². The number of thioether (sulfide) groups is 1. The van der Waals surface area contributed by atoms with E-state index in [9.17, 15) is 14.4 Å². The Balaban J connectivity index is 1.55. The summed E-state index contributed by atoms with van der Waals surface area (Å²) in [5.41, 5.74) is 2.45. The van der Waals surface area contributed by atoms with Crippen LogP contribution in [0.1, 0.15) is 62.1 Å². The molecule has 1 aliphatic heterocycles. The second-order valence-corrected chi connectivity index (χ2v) is 9.48. The van der Waals surface area contributed by atoms with Crippen LogP contribution >= 0.6 is 11.8 Å². The van der Waals surface area contributed by atoms with Gasteiger partial charge in [-0.05, 0) is 61.7 Å². The van der Waals surface area contributed by atoms with E-state index in [4.69, 9.17) is 0 Å². The third kappa shape index (κ3) is 3.96. The van der Waals surface area contributed by atoms with Crippen molar-refractivity contribution in [1.82, 2.24) is 10.2 Å². The van der Waals surface area contributed by atoms with Gasteiger partial charge in [-0.15, -0.1) is 0 Å². The molecule has 6 heteroatoms. The summed E-state index contributed by atoms with van der Waals surface area (Å²) in [6.45, 7) is 0. The van der Waals surface area contributed by atoms with Gasteiger partial charge >= 0.3 is 0 Å². The van der Waals surface area contributed by atoms with E-state index < -0.39 is 6.04 Å². The fourth-order valence-electron chi connectivity index (χ4n) is 5.27. The molecule has 2 aliphatic carbocycles. The number of likely N-dealkylation sites (tertiary alicyclic amines) is 1. The lowest BCUT2D eigenvalue weighted by molar-refractivity contribution is -0.148. The number of hydrogen-bond donors (Lipinski definition) is 1. The lowest BCUT2D eigenvalue weighted by atomic mass is 9.81. The molecule has 1 saturated carbocycles. The molecule has 29 heavy (non-hydrogen) atoms. The van der Waals surface area contributed by atoms with Gasteiger partial charge < -0.3 is 5.32 Å². The predicted octanol–water partition coefficient (Wildman–Crippen LogP) is 3.48. The fraction of sp³-hybridized carbons (Fsp3) is 0.609. The van der Waals surface area contributed by atoms with Gasteiger partial charge in [0.05, 0.1) is 17.9 Å². The molecule has 1 saturated heterocycles. The van der Waals surface area contributed by atoms with Gasteiger partial charge in [0.2, 0.25) is 17.7 Å². The number of imide groups is 1. The van der Waals surface area contributed by atoms with Crippen molar-refractivity contribution >= 4 is 29.5 Å². The number of nitrogens with zero attached hydrogens (tertiary/aromatic N) is 1. The highest BCUT2D eigenvalue weighted by Gasteiger charge is 2.51. The maximum atomic E-state index is 13.3. The number of aryl methyl sites for hydroxylation is 1. The minimum absolute atomic E-state index is 0.0423. The molecule has 5 nitrogen and oxygen atoms in total. The standard InChI is InChI=1S/C23H30N2O3S/c1-29-14-13-20(25-22(27)17-10-4-5-11-18(17)23(25)28)21(26)24-19-12-6-8-15-7-2-3-9-16(15)19/h2-3,7,9,17-20H,4-6,8,10-14H2,1H3,(H,24,26). The van der Waals surface area contributed by atoms with E-state index in [2.05, 4.69) is 17.4 Å². The zero-order valence-corrected chi connectivity index (χ0v) is 17.9. The highest BCUT2D eigenvalue weighted by Crippen LogP contribution is 2.39. The van der Waals surface area contributed by atoms with Crippen molar-refractivity contribution in [3.05, 3.63) is 35.4 Å². The van der Waals surface area contributed by atoms with Gasteiger partial charge in [0, 0.05) is 0 Å². The Bertz CT molecular complexity index is 772. The van der Waals surface area contributed by atoms with Gasteiger partial charge in [-0.3, -0.25) is 19.3 Å². The third-order valence-electron chi connectivity index (χ3n) is 6.77. The number of nitrogens with one attached hydrogen (secondary N) is 1. The monoisotopic (exact) mass is 414 g/mol. The van der Waals surface area contributed by atoms with Crippen molar-refractivity contribution in [2.45, 2.75) is 63.5 Å². The molecule has 0 spiro atoms. The zero-order chi connectivity index (χ0) is 20.4. The average molecular weight is 415 g/mol. The van der Waals surface area contributed by atoms with Gasteiger partial charge in [0.25, 0.3) is 0 Å². The Kier molecular flexibility index (Phi) is 6.28. The summed E-state index contributed by atoms with van der Waals surface area (Å²) in [5.74, 6) is -0.102. The van der Waals surface area contributed by atoms with Crippen LogP contribution in [0.15, 0.2) is 24.3 Å². The number of benzene rings is 1. The summed E-state index contributed by atoms with van der Waals surface area (Å²) >= 11 is 1.64. The van der Waals surface area contributed by atoms with Gasteiger partial charge in [-0.25, -0.2) is 0 Å². The Morgan fingerprint density at radius 2 is 1.79 bits per heavy atom. The molecule has 3 amide bonds. The summed E-state index contributed by atoms with van der Waals surface area (Å²) in [5, 5.41) is 3.19. The number of hydrogen-bond acceptors (Lipinski definition) is 4. The van der Waals surface area contributed by atoms with Crippen LogP contribution in [0.2, 0.25) is 0 Å². The number of carbonyl (C=O) groups excluding carboxylic acids is 3. The maximum Gasteiger partial charge on any atom is 0.243 e. The number of rotatable bonds is 6. The fourth-order valence-corrected chi connectivity index (χ4v) is 5.73. The molecule has 4 atom stereocenters. The molecule has 1 aromatic rings. The minimum Gasteiger partial charge on any atom is -0.347 e.